The molecule has 3 rings (SSSR count). The van der Waals surface area contributed by atoms with E-state index >= 15 is 0 Å². The Hall–Kier alpha value is -0.820. The molecule has 0 aromatic carbocycles. The highest BCUT2D eigenvalue weighted by Crippen LogP contribution is 2.19. The van der Waals surface area contributed by atoms with E-state index in [1.807, 2.05) is 13.8 Å². The fraction of sp³-hybridized carbons (Fsp3) is 0.765. The van der Waals surface area contributed by atoms with Crippen molar-refractivity contribution in [3.8, 4) is 0 Å². The number of halogens is 2. The number of likely N-dealkylation sites (tertiary alicyclic amines) is 1. The molecule has 144 valence electrons. The summed E-state index contributed by atoms with van der Waals surface area (Å²) in [5.41, 5.74) is 0.985. The highest BCUT2D eigenvalue weighted by atomic mass is 35.5. The molecular weight excluding hydrogens is 363 g/mol. The van der Waals surface area contributed by atoms with E-state index in [-0.39, 0.29) is 36.6 Å². The molecule has 6 nitrogen and oxygen atoms in total. The van der Waals surface area contributed by atoms with Gasteiger partial charge in [0.25, 0.3) is 0 Å². The monoisotopic (exact) mass is 392 g/mol. The Bertz CT molecular complexity index is 519. The standard InChI is InChI=1S/C17H28N4O2.2ClH/c1-12-13(2)23-16(20-12)11-21-7-4-14(5-8-21)9-19-17(22)15-3-6-18-10-15;;/h14-15,18H,3-11H2,1-2H3,(H,19,22);2*1H. The fourth-order valence-corrected chi connectivity index (χ4v) is 3.41. The first kappa shape index (κ1) is 22.2. The molecule has 25 heavy (non-hydrogen) atoms. The summed E-state index contributed by atoms with van der Waals surface area (Å²) in [5.74, 6) is 2.73. The smallest absolute Gasteiger partial charge is 0.224 e. The number of nitrogens with one attached hydrogen (secondary N) is 2. The molecule has 1 amide bonds. The maximum atomic E-state index is 12.0. The number of carbonyl (C=O) groups is 1. The third-order valence-corrected chi connectivity index (χ3v) is 5.13. The normalized spacial score (nSPS) is 21.4. The van der Waals surface area contributed by atoms with E-state index in [1.165, 1.54) is 0 Å². The summed E-state index contributed by atoms with van der Waals surface area (Å²) >= 11 is 0. The minimum Gasteiger partial charge on any atom is -0.444 e. The topological polar surface area (TPSA) is 70.4 Å². The van der Waals surface area contributed by atoms with Crippen molar-refractivity contribution in [1.82, 2.24) is 20.5 Å². The van der Waals surface area contributed by atoms with Crippen molar-refractivity contribution in [2.24, 2.45) is 11.8 Å². The third kappa shape index (κ3) is 6.13. The lowest BCUT2D eigenvalue weighted by atomic mass is 9.96. The van der Waals surface area contributed by atoms with Crippen LogP contribution in [0, 0.1) is 25.7 Å². The minimum atomic E-state index is 0. The summed E-state index contributed by atoms with van der Waals surface area (Å²) < 4.78 is 5.66. The summed E-state index contributed by atoms with van der Waals surface area (Å²) in [5, 5.41) is 6.38. The number of aromatic nitrogens is 1. The molecule has 1 aromatic heterocycles. The molecule has 0 bridgehead atoms. The van der Waals surface area contributed by atoms with Crippen LogP contribution in [0.3, 0.4) is 0 Å². The van der Waals surface area contributed by atoms with Gasteiger partial charge >= 0.3 is 0 Å². The van der Waals surface area contributed by atoms with E-state index in [2.05, 4.69) is 20.5 Å². The van der Waals surface area contributed by atoms with Gasteiger partial charge in [0.2, 0.25) is 11.8 Å². The van der Waals surface area contributed by atoms with Crippen LogP contribution in [0.4, 0.5) is 0 Å². The summed E-state index contributed by atoms with van der Waals surface area (Å²) in [6.45, 7) is 9.45. The number of rotatable bonds is 5. The Morgan fingerprint density at radius 1 is 1.28 bits per heavy atom. The second-order valence-corrected chi connectivity index (χ2v) is 6.90. The zero-order valence-electron chi connectivity index (χ0n) is 15.0. The average Bonchev–Trinajstić information content (AvgIpc) is 3.17. The zero-order chi connectivity index (χ0) is 16.2. The Balaban J connectivity index is 0.00000156. The molecule has 2 N–H and O–H groups in total. The van der Waals surface area contributed by atoms with Crippen LogP contribution < -0.4 is 10.6 Å². The predicted octanol–water partition coefficient (Wildman–Crippen LogP) is 2.07. The molecule has 8 heteroatoms. The number of nitrogens with zero attached hydrogens (tertiary/aromatic N) is 2. The summed E-state index contributed by atoms with van der Waals surface area (Å²) in [6.07, 6.45) is 3.23. The van der Waals surface area contributed by atoms with Crippen LogP contribution >= 0.6 is 24.8 Å². The minimum absolute atomic E-state index is 0. The lowest BCUT2D eigenvalue weighted by Crippen LogP contribution is -2.40. The number of piperidine rings is 1. The Kier molecular flexibility index (Phi) is 9.21. The van der Waals surface area contributed by atoms with Gasteiger partial charge in [-0.3, -0.25) is 9.69 Å². The van der Waals surface area contributed by atoms with Crippen molar-refractivity contribution in [2.75, 3.05) is 32.7 Å². The van der Waals surface area contributed by atoms with Crippen molar-refractivity contribution >= 4 is 30.7 Å². The van der Waals surface area contributed by atoms with Crippen LogP contribution in [0.15, 0.2) is 4.42 Å². The first-order valence-electron chi connectivity index (χ1n) is 8.75. The SMILES string of the molecule is Cc1nc(CN2CCC(CNC(=O)C3CCNC3)CC2)oc1C.Cl.Cl. The van der Waals surface area contributed by atoms with Gasteiger partial charge in [0.15, 0.2) is 0 Å². The second kappa shape index (κ2) is 10.4. The van der Waals surface area contributed by atoms with E-state index in [4.69, 9.17) is 4.42 Å². The maximum absolute atomic E-state index is 12.0. The fourth-order valence-electron chi connectivity index (χ4n) is 3.41. The van der Waals surface area contributed by atoms with Gasteiger partial charge in [-0.1, -0.05) is 0 Å². The Labute approximate surface area is 162 Å². The lowest BCUT2D eigenvalue weighted by Gasteiger charge is -2.31. The molecular formula is C17H30Cl2N4O2. The van der Waals surface area contributed by atoms with Gasteiger partial charge in [-0.25, -0.2) is 4.98 Å². The largest absolute Gasteiger partial charge is 0.444 e. The van der Waals surface area contributed by atoms with Crippen molar-refractivity contribution in [1.29, 1.82) is 0 Å². The number of oxazole rings is 1. The van der Waals surface area contributed by atoms with Gasteiger partial charge in [0.05, 0.1) is 18.2 Å². The van der Waals surface area contributed by atoms with Gasteiger partial charge < -0.3 is 15.1 Å². The van der Waals surface area contributed by atoms with Crippen molar-refractivity contribution < 1.29 is 9.21 Å². The number of aryl methyl sites for hydroxylation is 2. The van der Waals surface area contributed by atoms with Gasteiger partial charge in [-0.2, -0.15) is 0 Å². The predicted molar refractivity (Wildman–Crippen MR) is 102 cm³/mol. The first-order valence-corrected chi connectivity index (χ1v) is 8.75. The van der Waals surface area contributed by atoms with E-state index < -0.39 is 0 Å². The highest BCUT2D eigenvalue weighted by molar-refractivity contribution is 5.85. The molecule has 2 aliphatic rings. The summed E-state index contributed by atoms with van der Waals surface area (Å²) in [6, 6.07) is 0. The molecule has 1 aromatic rings. The van der Waals surface area contributed by atoms with Crippen LogP contribution in [-0.4, -0.2) is 48.5 Å². The molecule has 0 saturated carbocycles. The Morgan fingerprint density at radius 2 is 2.00 bits per heavy atom. The van der Waals surface area contributed by atoms with Crippen LogP contribution in [0.5, 0.6) is 0 Å². The quantitative estimate of drug-likeness (QED) is 0.802. The van der Waals surface area contributed by atoms with E-state index in [0.29, 0.717) is 5.92 Å². The van der Waals surface area contributed by atoms with Crippen LogP contribution in [0.25, 0.3) is 0 Å². The molecule has 0 spiro atoms. The van der Waals surface area contributed by atoms with Crippen LogP contribution in [-0.2, 0) is 11.3 Å². The maximum Gasteiger partial charge on any atom is 0.224 e. The first-order chi connectivity index (χ1) is 11.1. The molecule has 0 aliphatic carbocycles. The van der Waals surface area contributed by atoms with Crippen LogP contribution in [0.1, 0.15) is 36.6 Å². The molecule has 1 unspecified atom stereocenters. The number of carbonyl (C=O) groups excluding carboxylic acids is 1. The molecule has 0 radical (unpaired) electrons. The Morgan fingerprint density at radius 3 is 2.56 bits per heavy atom. The van der Waals surface area contributed by atoms with Gasteiger partial charge in [0, 0.05) is 13.1 Å². The van der Waals surface area contributed by atoms with Gasteiger partial charge in [-0.05, 0) is 58.7 Å². The van der Waals surface area contributed by atoms with Crippen LogP contribution in [0.2, 0.25) is 0 Å². The molecule has 2 saturated heterocycles. The van der Waals surface area contributed by atoms with E-state index in [1.54, 1.807) is 0 Å². The summed E-state index contributed by atoms with van der Waals surface area (Å²) in [4.78, 5) is 18.9. The van der Waals surface area contributed by atoms with E-state index in [9.17, 15) is 4.79 Å². The summed E-state index contributed by atoms with van der Waals surface area (Å²) in [7, 11) is 0. The van der Waals surface area contributed by atoms with Gasteiger partial charge in [-0.15, -0.1) is 24.8 Å². The molecule has 1 atom stereocenters. The molecule has 2 aliphatic heterocycles. The molecule has 2 fully saturated rings. The lowest BCUT2D eigenvalue weighted by molar-refractivity contribution is -0.124. The second-order valence-electron chi connectivity index (χ2n) is 6.90. The van der Waals surface area contributed by atoms with Gasteiger partial charge in [0.1, 0.15) is 5.76 Å². The average molecular weight is 393 g/mol. The number of hydrogen-bond acceptors (Lipinski definition) is 5. The molecule has 3 heterocycles. The number of hydrogen-bond donors (Lipinski definition) is 2. The van der Waals surface area contributed by atoms with Crippen molar-refractivity contribution in [2.45, 2.75) is 39.7 Å². The highest BCUT2D eigenvalue weighted by Gasteiger charge is 2.25. The van der Waals surface area contributed by atoms with E-state index in [0.717, 1.165) is 75.9 Å². The zero-order valence-corrected chi connectivity index (χ0v) is 16.7. The van der Waals surface area contributed by atoms with Crippen molar-refractivity contribution in [3.63, 3.8) is 0 Å². The van der Waals surface area contributed by atoms with Crippen molar-refractivity contribution in [3.05, 3.63) is 17.3 Å². The number of amides is 1. The third-order valence-electron chi connectivity index (χ3n) is 5.13.